The first-order valence-corrected chi connectivity index (χ1v) is 9.92. The number of nitrogens with one attached hydrogen (secondary N) is 1. The second-order valence-corrected chi connectivity index (χ2v) is 7.50. The first kappa shape index (κ1) is 24.7. The van der Waals surface area contributed by atoms with Crippen molar-refractivity contribution in [2.75, 3.05) is 5.32 Å². The molecule has 0 saturated heterocycles. The van der Waals surface area contributed by atoms with E-state index < -0.39 is 52.5 Å². The van der Waals surface area contributed by atoms with Crippen molar-refractivity contribution in [2.24, 2.45) is 7.05 Å². The number of carbonyl (C=O) groups excluding carboxylic acids is 2. The van der Waals surface area contributed by atoms with Gasteiger partial charge in [0.05, 0.1) is 5.56 Å². The van der Waals surface area contributed by atoms with Crippen molar-refractivity contribution in [1.29, 1.82) is 0 Å². The van der Waals surface area contributed by atoms with E-state index in [4.69, 9.17) is 4.74 Å². The number of halogens is 4. The molecule has 0 radical (unpaired) electrons. The summed E-state index contributed by atoms with van der Waals surface area (Å²) in [7, 11) is 1.23. The van der Waals surface area contributed by atoms with Gasteiger partial charge in [0, 0.05) is 25.7 Å². The number of hydrogen-bond donors (Lipinski definition) is 1. The number of ether oxygens (including phenoxy) is 1. The Balaban J connectivity index is 2.15. The van der Waals surface area contributed by atoms with Crippen molar-refractivity contribution >= 4 is 17.4 Å². The maximum Gasteiger partial charge on any atom is 0.425 e. The zero-order valence-electron chi connectivity index (χ0n) is 18.5. The largest absolute Gasteiger partial charge is 0.480 e. The number of ketones is 1. The molecule has 1 N–H and O–H groups in total. The summed E-state index contributed by atoms with van der Waals surface area (Å²) in [5.74, 6) is -3.58. The van der Waals surface area contributed by atoms with Crippen molar-refractivity contribution in [1.82, 2.24) is 14.3 Å². The van der Waals surface area contributed by atoms with Gasteiger partial charge in [0.1, 0.15) is 17.3 Å². The van der Waals surface area contributed by atoms with E-state index in [2.05, 4.69) is 10.4 Å². The number of anilines is 1. The van der Waals surface area contributed by atoms with Gasteiger partial charge in [-0.2, -0.15) is 17.9 Å². The van der Waals surface area contributed by atoms with Gasteiger partial charge in [0.25, 0.3) is 5.91 Å². The molecule has 0 bridgehead atoms. The third-order valence-corrected chi connectivity index (χ3v) is 4.98. The Bertz CT molecular complexity index is 1330. The molecule has 1 aromatic heterocycles. The molecule has 1 atom stereocenters. The molecule has 180 valence electrons. The lowest BCUT2D eigenvalue weighted by molar-refractivity contribution is -0.189. The average Bonchev–Trinajstić information content (AvgIpc) is 3.04. The summed E-state index contributed by atoms with van der Waals surface area (Å²) in [6.45, 7) is 3.55. The van der Waals surface area contributed by atoms with E-state index in [1.165, 1.54) is 7.05 Å². The van der Waals surface area contributed by atoms with E-state index in [1.807, 2.05) is 0 Å². The fraction of sp³-hybridized carbons (Fsp3) is 0.273. The van der Waals surface area contributed by atoms with Crippen molar-refractivity contribution in [2.45, 2.75) is 33.1 Å². The molecule has 1 heterocycles. The highest BCUT2D eigenvalue weighted by Crippen LogP contribution is 2.31. The lowest BCUT2D eigenvalue weighted by Gasteiger charge is -2.20. The number of nitrogens with zero attached hydrogens (tertiary/aromatic N) is 3. The molecule has 1 unspecified atom stereocenters. The average molecular weight is 480 g/mol. The van der Waals surface area contributed by atoms with Crippen LogP contribution in [0.5, 0.6) is 5.75 Å². The molecule has 0 fully saturated rings. The number of hydrogen-bond acceptors (Lipinski definition) is 5. The van der Waals surface area contributed by atoms with Crippen LogP contribution in [-0.4, -0.2) is 38.3 Å². The summed E-state index contributed by atoms with van der Waals surface area (Å²) >= 11 is 0. The standard InChI is InChI=1S/C22H20F4N4O4/c1-11-7-5-6-8-16(11)27-20(32)14-9-15(23)17(10-18(14)34-13(3)22(24,25)26)30-21(33)29(4)19(28-30)12(2)31/h5-10,13H,1-4H3,(H,27,32). The second-order valence-electron chi connectivity index (χ2n) is 7.50. The number of rotatable bonds is 6. The molecule has 12 heteroatoms. The third-order valence-electron chi connectivity index (χ3n) is 4.98. The van der Waals surface area contributed by atoms with Gasteiger partial charge in [-0.15, -0.1) is 5.10 Å². The Morgan fingerprint density at radius 1 is 1.18 bits per heavy atom. The van der Waals surface area contributed by atoms with E-state index >= 15 is 4.39 Å². The number of benzene rings is 2. The first-order chi connectivity index (χ1) is 15.8. The minimum atomic E-state index is -4.79. The van der Waals surface area contributed by atoms with Crippen molar-refractivity contribution < 1.29 is 31.9 Å². The quantitative estimate of drug-likeness (QED) is 0.428. The number of para-hydroxylation sites is 1. The van der Waals surface area contributed by atoms with Gasteiger partial charge in [-0.1, -0.05) is 18.2 Å². The third kappa shape index (κ3) is 4.85. The van der Waals surface area contributed by atoms with Gasteiger partial charge in [-0.05, 0) is 31.5 Å². The highest BCUT2D eigenvalue weighted by atomic mass is 19.4. The predicted octanol–water partition coefficient (Wildman–Crippen LogP) is 3.80. The molecule has 8 nitrogen and oxygen atoms in total. The van der Waals surface area contributed by atoms with Crippen molar-refractivity contribution in [3.63, 3.8) is 0 Å². The number of aromatic nitrogens is 3. The van der Waals surface area contributed by atoms with Crippen LogP contribution in [0, 0.1) is 12.7 Å². The topological polar surface area (TPSA) is 95.2 Å². The molecular weight excluding hydrogens is 460 g/mol. The fourth-order valence-electron chi connectivity index (χ4n) is 3.04. The van der Waals surface area contributed by atoms with Gasteiger partial charge >= 0.3 is 11.9 Å². The summed E-state index contributed by atoms with van der Waals surface area (Å²) in [6, 6.07) is 8.03. The van der Waals surface area contributed by atoms with Crippen LogP contribution in [0.4, 0.5) is 23.2 Å². The lowest BCUT2D eigenvalue weighted by atomic mass is 10.1. The number of Topliss-reactive ketones (excluding diaryl/α,β-unsaturated/α-hetero) is 1. The zero-order chi connectivity index (χ0) is 25.4. The smallest absolute Gasteiger partial charge is 0.425 e. The Labute approximate surface area is 190 Å². The Hall–Kier alpha value is -3.96. The highest BCUT2D eigenvalue weighted by Gasteiger charge is 2.39. The van der Waals surface area contributed by atoms with Gasteiger partial charge in [0.2, 0.25) is 5.82 Å². The number of alkyl halides is 3. The van der Waals surface area contributed by atoms with E-state index in [0.717, 1.165) is 17.6 Å². The highest BCUT2D eigenvalue weighted by molar-refractivity contribution is 6.06. The lowest BCUT2D eigenvalue weighted by Crippen LogP contribution is -2.32. The molecule has 1 amide bonds. The molecule has 2 aromatic carbocycles. The van der Waals surface area contributed by atoms with E-state index in [9.17, 15) is 27.6 Å². The number of amides is 1. The molecule has 3 aromatic rings. The van der Waals surface area contributed by atoms with E-state index in [0.29, 0.717) is 28.9 Å². The minimum Gasteiger partial charge on any atom is -0.480 e. The summed E-state index contributed by atoms with van der Waals surface area (Å²) in [5.41, 5.74) is -1.02. The minimum absolute atomic E-state index is 0.295. The predicted molar refractivity (Wildman–Crippen MR) is 114 cm³/mol. The van der Waals surface area contributed by atoms with Gasteiger partial charge in [-0.3, -0.25) is 14.2 Å². The fourth-order valence-corrected chi connectivity index (χ4v) is 3.04. The van der Waals surface area contributed by atoms with Gasteiger partial charge < -0.3 is 10.1 Å². The second kappa shape index (κ2) is 9.12. The maximum absolute atomic E-state index is 15.0. The van der Waals surface area contributed by atoms with Crippen LogP contribution < -0.4 is 15.7 Å². The molecule has 0 saturated carbocycles. The van der Waals surface area contributed by atoms with Crippen LogP contribution >= 0.6 is 0 Å². The Morgan fingerprint density at radius 2 is 1.82 bits per heavy atom. The van der Waals surface area contributed by atoms with Crippen LogP contribution in [0.15, 0.2) is 41.2 Å². The number of aryl methyl sites for hydroxylation is 1. The van der Waals surface area contributed by atoms with E-state index in [-0.39, 0.29) is 5.82 Å². The normalized spacial score (nSPS) is 12.4. The SMILES string of the molecule is CC(=O)c1nn(-c2cc(OC(C)C(F)(F)F)c(C(=O)Nc3ccccc3C)cc2F)c(=O)n1C. The first-order valence-electron chi connectivity index (χ1n) is 9.92. The number of carbonyl (C=O) groups is 2. The zero-order valence-corrected chi connectivity index (χ0v) is 18.5. The summed E-state index contributed by atoms with van der Waals surface area (Å²) in [4.78, 5) is 37.0. The molecule has 34 heavy (non-hydrogen) atoms. The monoisotopic (exact) mass is 480 g/mol. The van der Waals surface area contributed by atoms with Gasteiger partial charge in [0.15, 0.2) is 11.9 Å². The summed E-state index contributed by atoms with van der Waals surface area (Å²) < 4.78 is 60.9. The summed E-state index contributed by atoms with van der Waals surface area (Å²) in [6.07, 6.45) is -7.15. The molecule has 0 aliphatic heterocycles. The van der Waals surface area contributed by atoms with Crippen LogP contribution in [0.2, 0.25) is 0 Å². The summed E-state index contributed by atoms with van der Waals surface area (Å²) in [5, 5.41) is 6.27. The van der Waals surface area contributed by atoms with Crippen LogP contribution in [0.3, 0.4) is 0 Å². The molecular formula is C22H20F4N4O4. The van der Waals surface area contributed by atoms with Crippen LogP contribution in [-0.2, 0) is 7.05 Å². The molecule has 0 aliphatic carbocycles. The molecule has 0 aliphatic rings. The van der Waals surface area contributed by atoms with Crippen LogP contribution in [0.1, 0.15) is 40.4 Å². The molecule has 0 spiro atoms. The van der Waals surface area contributed by atoms with Gasteiger partial charge in [-0.25, -0.2) is 9.18 Å². The Morgan fingerprint density at radius 3 is 2.38 bits per heavy atom. The molecule has 3 rings (SSSR count). The van der Waals surface area contributed by atoms with Crippen LogP contribution in [0.25, 0.3) is 5.69 Å². The van der Waals surface area contributed by atoms with Crippen molar-refractivity contribution in [3.8, 4) is 11.4 Å². The Kier molecular flexibility index (Phi) is 6.62. The van der Waals surface area contributed by atoms with Crippen molar-refractivity contribution in [3.05, 3.63) is 69.7 Å². The van der Waals surface area contributed by atoms with E-state index in [1.54, 1.807) is 31.2 Å². The maximum atomic E-state index is 15.0.